The van der Waals surface area contributed by atoms with Gasteiger partial charge in [0, 0.05) is 19.6 Å². The Hall–Kier alpha value is -1.06. The van der Waals surface area contributed by atoms with Gasteiger partial charge in [-0.15, -0.1) is 0 Å². The summed E-state index contributed by atoms with van der Waals surface area (Å²) in [7, 11) is 3.79. The number of fused-ring (bicyclic) bond motifs is 1. The van der Waals surface area contributed by atoms with E-state index in [4.69, 9.17) is 9.47 Å². The van der Waals surface area contributed by atoms with E-state index in [1.54, 1.807) is 7.11 Å². The van der Waals surface area contributed by atoms with Gasteiger partial charge in [0.1, 0.15) is 5.75 Å². The molecule has 0 saturated carbocycles. The molecule has 0 fully saturated rings. The Kier molecular flexibility index (Phi) is 4.61. The van der Waals surface area contributed by atoms with Crippen LogP contribution in [0.2, 0.25) is 0 Å². The molecule has 0 spiro atoms. The maximum atomic E-state index is 5.54. The summed E-state index contributed by atoms with van der Waals surface area (Å²) in [6.07, 6.45) is 3.51. The van der Waals surface area contributed by atoms with E-state index in [0.29, 0.717) is 12.1 Å². The second-order valence-electron chi connectivity index (χ2n) is 4.93. The second kappa shape index (κ2) is 6.21. The third-order valence-corrected chi connectivity index (χ3v) is 3.73. The molecule has 1 aliphatic heterocycles. The van der Waals surface area contributed by atoms with Crippen LogP contribution in [-0.4, -0.2) is 26.9 Å². The van der Waals surface area contributed by atoms with Crippen LogP contribution in [0, 0.1) is 0 Å². The predicted octanol–water partition coefficient (Wildman–Crippen LogP) is 2.70. The number of benzene rings is 1. The van der Waals surface area contributed by atoms with Gasteiger partial charge in [-0.05, 0) is 44.0 Å². The van der Waals surface area contributed by atoms with Gasteiger partial charge in [0.15, 0.2) is 0 Å². The lowest BCUT2D eigenvalue weighted by atomic mass is 9.98. The van der Waals surface area contributed by atoms with E-state index in [0.717, 1.165) is 31.6 Å². The molecule has 1 aromatic rings. The lowest BCUT2D eigenvalue weighted by molar-refractivity contribution is 0.106. The average molecular weight is 249 g/mol. The molecule has 0 aromatic heterocycles. The summed E-state index contributed by atoms with van der Waals surface area (Å²) < 4.78 is 10.8. The van der Waals surface area contributed by atoms with Crippen LogP contribution in [0.15, 0.2) is 18.2 Å². The van der Waals surface area contributed by atoms with Gasteiger partial charge in [-0.1, -0.05) is 12.1 Å². The number of hydrogen-bond donors (Lipinski definition) is 1. The number of methoxy groups -OCH3 is 1. The van der Waals surface area contributed by atoms with Gasteiger partial charge in [0.2, 0.25) is 0 Å². The van der Waals surface area contributed by atoms with Gasteiger partial charge in [0.25, 0.3) is 0 Å². The van der Waals surface area contributed by atoms with Gasteiger partial charge >= 0.3 is 0 Å². The average Bonchev–Trinajstić information content (AvgIpc) is 2.86. The minimum absolute atomic E-state index is 0.318. The van der Waals surface area contributed by atoms with Crippen LogP contribution in [0.1, 0.15) is 36.9 Å². The lowest BCUT2D eigenvalue weighted by Gasteiger charge is -2.19. The van der Waals surface area contributed by atoms with Crippen LogP contribution in [0.25, 0.3) is 0 Å². The SMILES string of the molecule is CNC(CCC(C)OC)c1ccc2c(c1)CCO2. The maximum Gasteiger partial charge on any atom is 0.122 e. The molecule has 18 heavy (non-hydrogen) atoms. The highest BCUT2D eigenvalue weighted by Gasteiger charge is 2.16. The Labute approximate surface area is 109 Å². The van der Waals surface area contributed by atoms with Crippen LogP contribution in [0.4, 0.5) is 0 Å². The zero-order chi connectivity index (χ0) is 13.0. The Morgan fingerprint density at radius 3 is 2.94 bits per heavy atom. The van der Waals surface area contributed by atoms with Crippen molar-refractivity contribution in [1.82, 2.24) is 5.32 Å². The molecule has 0 bridgehead atoms. The van der Waals surface area contributed by atoms with E-state index in [-0.39, 0.29) is 0 Å². The molecule has 0 saturated heterocycles. The van der Waals surface area contributed by atoms with E-state index in [9.17, 15) is 0 Å². The standard InChI is InChI=1S/C15H23NO2/c1-11(17-3)4-6-14(16-2)12-5-7-15-13(10-12)8-9-18-15/h5,7,10-11,14,16H,4,6,8-9H2,1-3H3. The van der Waals surface area contributed by atoms with Gasteiger partial charge in [-0.3, -0.25) is 0 Å². The van der Waals surface area contributed by atoms with Gasteiger partial charge in [-0.2, -0.15) is 0 Å². The fourth-order valence-electron chi connectivity index (χ4n) is 2.42. The summed E-state index contributed by atoms with van der Waals surface area (Å²) in [5.41, 5.74) is 2.69. The van der Waals surface area contributed by atoms with Crippen molar-refractivity contribution < 1.29 is 9.47 Å². The molecule has 2 unspecified atom stereocenters. The largest absolute Gasteiger partial charge is 0.493 e. The highest BCUT2D eigenvalue weighted by molar-refractivity contribution is 5.40. The Morgan fingerprint density at radius 1 is 1.39 bits per heavy atom. The molecule has 2 rings (SSSR count). The molecule has 2 atom stereocenters. The van der Waals surface area contributed by atoms with Crippen molar-refractivity contribution in [2.24, 2.45) is 0 Å². The fraction of sp³-hybridized carbons (Fsp3) is 0.600. The van der Waals surface area contributed by atoms with Crippen LogP contribution in [0.5, 0.6) is 5.75 Å². The predicted molar refractivity (Wildman–Crippen MR) is 73.1 cm³/mol. The molecule has 1 N–H and O–H groups in total. The normalized spacial score (nSPS) is 17.1. The van der Waals surface area contributed by atoms with Crippen molar-refractivity contribution in [2.75, 3.05) is 20.8 Å². The van der Waals surface area contributed by atoms with Crippen LogP contribution < -0.4 is 10.1 Å². The monoisotopic (exact) mass is 249 g/mol. The zero-order valence-electron chi connectivity index (χ0n) is 11.5. The van der Waals surface area contributed by atoms with Crippen molar-refractivity contribution in [3.63, 3.8) is 0 Å². The van der Waals surface area contributed by atoms with Gasteiger partial charge in [-0.25, -0.2) is 0 Å². The Bertz CT molecular complexity index is 392. The molecule has 0 aliphatic carbocycles. The molecule has 0 radical (unpaired) electrons. The van der Waals surface area contributed by atoms with Gasteiger partial charge < -0.3 is 14.8 Å². The first kappa shape index (κ1) is 13.4. The quantitative estimate of drug-likeness (QED) is 0.841. The molecule has 1 heterocycles. The minimum atomic E-state index is 0.318. The molecule has 3 nitrogen and oxygen atoms in total. The Morgan fingerprint density at radius 2 is 2.22 bits per heavy atom. The number of rotatable bonds is 6. The van der Waals surface area contributed by atoms with Crippen molar-refractivity contribution in [2.45, 2.75) is 38.3 Å². The molecular formula is C15H23NO2. The summed E-state index contributed by atoms with van der Waals surface area (Å²) in [6, 6.07) is 6.94. The smallest absolute Gasteiger partial charge is 0.122 e. The first-order valence-electron chi connectivity index (χ1n) is 6.70. The van der Waals surface area contributed by atoms with E-state index in [1.165, 1.54) is 11.1 Å². The van der Waals surface area contributed by atoms with Crippen molar-refractivity contribution in [3.8, 4) is 5.75 Å². The summed E-state index contributed by atoms with van der Waals surface area (Å²) in [4.78, 5) is 0. The molecule has 100 valence electrons. The van der Waals surface area contributed by atoms with Crippen molar-refractivity contribution >= 4 is 0 Å². The van der Waals surface area contributed by atoms with E-state index >= 15 is 0 Å². The van der Waals surface area contributed by atoms with Crippen LogP contribution in [-0.2, 0) is 11.2 Å². The number of ether oxygens (including phenoxy) is 2. The highest BCUT2D eigenvalue weighted by Crippen LogP contribution is 2.29. The van der Waals surface area contributed by atoms with Crippen molar-refractivity contribution in [3.05, 3.63) is 29.3 Å². The second-order valence-corrected chi connectivity index (χ2v) is 4.93. The summed E-state index contributed by atoms with van der Waals surface area (Å²) in [5.74, 6) is 1.05. The third-order valence-electron chi connectivity index (χ3n) is 3.73. The fourth-order valence-corrected chi connectivity index (χ4v) is 2.42. The first-order chi connectivity index (χ1) is 8.74. The number of nitrogens with one attached hydrogen (secondary N) is 1. The minimum Gasteiger partial charge on any atom is -0.493 e. The lowest BCUT2D eigenvalue weighted by Crippen LogP contribution is -2.18. The molecule has 3 heteroatoms. The summed E-state index contributed by atoms with van der Waals surface area (Å²) >= 11 is 0. The summed E-state index contributed by atoms with van der Waals surface area (Å²) in [5, 5.41) is 3.39. The van der Waals surface area contributed by atoms with Crippen LogP contribution >= 0.6 is 0 Å². The molecule has 1 aliphatic rings. The first-order valence-corrected chi connectivity index (χ1v) is 6.70. The van der Waals surface area contributed by atoms with E-state index < -0.39 is 0 Å². The van der Waals surface area contributed by atoms with Crippen molar-refractivity contribution in [1.29, 1.82) is 0 Å². The maximum absolute atomic E-state index is 5.54. The molecule has 0 amide bonds. The topological polar surface area (TPSA) is 30.5 Å². The molecular weight excluding hydrogens is 226 g/mol. The number of hydrogen-bond acceptors (Lipinski definition) is 3. The zero-order valence-corrected chi connectivity index (χ0v) is 11.5. The van der Waals surface area contributed by atoms with E-state index in [1.807, 2.05) is 7.05 Å². The highest BCUT2D eigenvalue weighted by atomic mass is 16.5. The molecule has 1 aromatic carbocycles. The van der Waals surface area contributed by atoms with Crippen LogP contribution in [0.3, 0.4) is 0 Å². The third kappa shape index (κ3) is 3.03. The van der Waals surface area contributed by atoms with Gasteiger partial charge in [0.05, 0.1) is 12.7 Å². The summed E-state index contributed by atoms with van der Waals surface area (Å²) in [6.45, 7) is 2.94. The Balaban J connectivity index is 2.03. The van der Waals surface area contributed by atoms with E-state index in [2.05, 4.69) is 30.4 Å².